The first-order valence-corrected chi connectivity index (χ1v) is 6.46. The van der Waals surface area contributed by atoms with Crippen molar-refractivity contribution in [3.05, 3.63) is 58.9 Å². The Morgan fingerprint density at radius 1 is 1.19 bits per heavy atom. The fraction of sp³-hybridized carbons (Fsp3) is 0.176. The highest BCUT2D eigenvalue weighted by molar-refractivity contribution is 5.88. The van der Waals surface area contributed by atoms with Gasteiger partial charge in [0.1, 0.15) is 5.82 Å². The van der Waals surface area contributed by atoms with Crippen LogP contribution in [0.1, 0.15) is 21.5 Å². The van der Waals surface area contributed by atoms with Gasteiger partial charge in [0.15, 0.2) is 6.29 Å². The molecule has 0 heterocycles. The number of halogens is 1. The third-order valence-corrected chi connectivity index (χ3v) is 3.23. The summed E-state index contributed by atoms with van der Waals surface area (Å²) in [7, 11) is 1.30. The van der Waals surface area contributed by atoms with Crippen molar-refractivity contribution in [3.63, 3.8) is 0 Å². The van der Waals surface area contributed by atoms with Crippen LogP contribution >= 0.6 is 0 Å². The largest absolute Gasteiger partial charge is 0.469 e. The van der Waals surface area contributed by atoms with Gasteiger partial charge in [-0.2, -0.15) is 0 Å². The van der Waals surface area contributed by atoms with Gasteiger partial charge in [0.25, 0.3) is 0 Å². The molecule has 0 unspecified atom stereocenters. The number of hydrogen-bond acceptors (Lipinski definition) is 3. The van der Waals surface area contributed by atoms with Crippen LogP contribution in [0, 0.1) is 12.7 Å². The number of rotatable bonds is 4. The molecule has 4 heteroatoms. The van der Waals surface area contributed by atoms with Gasteiger partial charge >= 0.3 is 5.97 Å². The summed E-state index contributed by atoms with van der Waals surface area (Å²) in [5.41, 5.74) is 2.80. The molecule has 21 heavy (non-hydrogen) atoms. The highest BCUT2D eigenvalue weighted by Crippen LogP contribution is 2.27. The quantitative estimate of drug-likeness (QED) is 0.639. The maximum atomic E-state index is 14.1. The molecule has 0 radical (unpaired) electrons. The Hall–Kier alpha value is -2.49. The van der Waals surface area contributed by atoms with E-state index in [1.54, 1.807) is 18.2 Å². The molecule has 0 fully saturated rings. The van der Waals surface area contributed by atoms with Gasteiger partial charge in [-0.15, -0.1) is 0 Å². The molecular formula is C17H15FO3. The minimum absolute atomic E-state index is 0.0616. The number of benzene rings is 2. The molecule has 0 N–H and O–H groups in total. The zero-order valence-corrected chi connectivity index (χ0v) is 11.9. The van der Waals surface area contributed by atoms with E-state index in [4.69, 9.17) is 0 Å². The minimum Gasteiger partial charge on any atom is -0.469 e. The molecule has 0 aliphatic heterocycles. The molecule has 0 saturated carbocycles. The van der Waals surface area contributed by atoms with Crippen LogP contribution in [0.4, 0.5) is 4.39 Å². The molecule has 2 aromatic rings. The molecule has 3 nitrogen and oxygen atoms in total. The van der Waals surface area contributed by atoms with E-state index in [0.717, 1.165) is 5.56 Å². The van der Waals surface area contributed by atoms with Crippen LogP contribution in [0.3, 0.4) is 0 Å². The number of methoxy groups -OCH3 is 1. The molecule has 2 aromatic carbocycles. The molecule has 0 spiro atoms. The highest BCUT2D eigenvalue weighted by atomic mass is 19.1. The van der Waals surface area contributed by atoms with E-state index < -0.39 is 11.8 Å². The third kappa shape index (κ3) is 3.34. The smallest absolute Gasteiger partial charge is 0.309 e. The van der Waals surface area contributed by atoms with Gasteiger partial charge in [0.05, 0.1) is 13.5 Å². The molecule has 0 atom stereocenters. The summed E-state index contributed by atoms with van der Waals surface area (Å²) in [6.07, 6.45) is 0.765. The van der Waals surface area contributed by atoms with Crippen LogP contribution in [0.15, 0.2) is 36.4 Å². The van der Waals surface area contributed by atoms with E-state index in [-0.39, 0.29) is 6.42 Å². The van der Waals surface area contributed by atoms with Crippen molar-refractivity contribution in [2.24, 2.45) is 0 Å². The van der Waals surface area contributed by atoms with Crippen LogP contribution in [-0.2, 0) is 16.0 Å². The lowest BCUT2D eigenvalue weighted by molar-refractivity contribution is -0.139. The first-order chi connectivity index (χ1) is 10.0. The summed E-state index contributed by atoms with van der Waals surface area (Å²) in [6.45, 7) is 1.86. The Kier molecular flexibility index (Phi) is 4.48. The van der Waals surface area contributed by atoms with Gasteiger partial charge in [-0.3, -0.25) is 9.59 Å². The third-order valence-electron chi connectivity index (χ3n) is 3.23. The maximum Gasteiger partial charge on any atom is 0.309 e. The standard InChI is InChI=1S/C17H15FO3/c1-11-3-5-14(13(7-11)10-19)15-8-12(4-6-16(15)18)9-17(20)21-2/h3-8,10H,9H2,1-2H3. The summed E-state index contributed by atoms with van der Waals surface area (Å²) in [6, 6.07) is 9.62. The predicted octanol–water partition coefficient (Wildman–Crippen LogP) is 3.33. The van der Waals surface area contributed by atoms with Crippen LogP contribution in [0.25, 0.3) is 11.1 Å². The second-order valence-electron chi connectivity index (χ2n) is 4.78. The first-order valence-electron chi connectivity index (χ1n) is 6.46. The molecule has 0 amide bonds. The number of carbonyl (C=O) groups excluding carboxylic acids is 2. The molecule has 0 bridgehead atoms. The lowest BCUT2D eigenvalue weighted by Gasteiger charge is -2.09. The van der Waals surface area contributed by atoms with Gasteiger partial charge in [-0.25, -0.2) is 4.39 Å². The van der Waals surface area contributed by atoms with Crippen molar-refractivity contribution in [1.29, 1.82) is 0 Å². The molecule has 0 aromatic heterocycles. The molecular weight excluding hydrogens is 271 g/mol. The fourth-order valence-electron chi connectivity index (χ4n) is 2.15. The lowest BCUT2D eigenvalue weighted by Crippen LogP contribution is -2.05. The van der Waals surface area contributed by atoms with Gasteiger partial charge < -0.3 is 4.74 Å². The second kappa shape index (κ2) is 6.31. The summed E-state index contributed by atoms with van der Waals surface area (Å²) in [4.78, 5) is 22.5. The zero-order chi connectivity index (χ0) is 15.4. The average Bonchev–Trinajstić information content (AvgIpc) is 2.49. The van der Waals surface area contributed by atoms with Crippen molar-refractivity contribution in [2.45, 2.75) is 13.3 Å². The van der Waals surface area contributed by atoms with Gasteiger partial charge in [-0.1, -0.05) is 23.8 Å². The molecule has 108 valence electrons. The molecule has 0 aliphatic carbocycles. The SMILES string of the molecule is COC(=O)Cc1ccc(F)c(-c2ccc(C)cc2C=O)c1. The van der Waals surface area contributed by atoms with Crippen LogP contribution in [0.5, 0.6) is 0 Å². The van der Waals surface area contributed by atoms with Crippen molar-refractivity contribution in [3.8, 4) is 11.1 Å². The Morgan fingerprint density at radius 2 is 1.95 bits per heavy atom. The Bertz CT molecular complexity index is 692. The van der Waals surface area contributed by atoms with E-state index in [0.29, 0.717) is 28.5 Å². The number of esters is 1. The summed E-state index contributed by atoms with van der Waals surface area (Å²) in [5, 5.41) is 0. The predicted molar refractivity (Wildman–Crippen MR) is 77.7 cm³/mol. The van der Waals surface area contributed by atoms with Crippen LogP contribution in [-0.4, -0.2) is 19.4 Å². The monoisotopic (exact) mass is 286 g/mol. The maximum absolute atomic E-state index is 14.1. The summed E-state index contributed by atoms with van der Waals surface area (Å²) < 4.78 is 18.7. The zero-order valence-electron chi connectivity index (χ0n) is 11.9. The lowest BCUT2D eigenvalue weighted by atomic mass is 9.96. The van der Waals surface area contributed by atoms with E-state index in [1.807, 2.05) is 13.0 Å². The van der Waals surface area contributed by atoms with Crippen molar-refractivity contribution >= 4 is 12.3 Å². The molecule has 0 aliphatic rings. The summed E-state index contributed by atoms with van der Waals surface area (Å²) >= 11 is 0. The minimum atomic E-state index is -0.435. The Labute approximate surface area is 122 Å². The van der Waals surface area contributed by atoms with E-state index >= 15 is 0 Å². The van der Waals surface area contributed by atoms with Crippen molar-refractivity contribution in [1.82, 2.24) is 0 Å². The van der Waals surface area contributed by atoms with Gasteiger partial charge in [0, 0.05) is 11.1 Å². The van der Waals surface area contributed by atoms with Crippen molar-refractivity contribution < 1.29 is 18.7 Å². The van der Waals surface area contributed by atoms with Gasteiger partial charge in [0.2, 0.25) is 0 Å². The summed E-state index contributed by atoms with van der Waals surface area (Å²) in [5.74, 6) is -0.831. The molecule has 2 rings (SSSR count). The Morgan fingerprint density at radius 3 is 2.62 bits per heavy atom. The van der Waals surface area contributed by atoms with Gasteiger partial charge in [-0.05, 0) is 36.2 Å². The number of aldehydes is 1. The average molecular weight is 286 g/mol. The normalized spacial score (nSPS) is 10.2. The van der Waals surface area contributed by atoms with Crippen LogP contribution < -0.4 is 0 Å². The number of aryl methyl sites for hydroxylation is 1. The number of ether oxygens (including phenoxy) is 1. The molecule has 0 saturated heterocycles. The van der Waals surface area contributed by atoms with E-state index in [1.165, 1.54) is 19.2 Å². The van der Waals surface area contributed by atoms with Crippen molar-refractivity contribution in [2.75, 3.05) is 7.11 Å². The second-order valence-corrected chi connectivity index (χ2v) is 4.78. The van der Waals surface area contributed by atoms with Crippen LogP contribution in [0.2, 0.25) is 0 Å². The fourth-order valence-corrected chi connectivity index (χ4v) is 2.15. The van der Waals surface area contributed by atoms with E-state index in [2.05, 4.69) is 4.74 Å². The van der Waals surface area contributed by atoms with E-state index in [9.17, 15) is 14.0 Å². The first kappa shape index (κ1) is 14.9. The highest BCUT2D eigenvalue weighted by Gasteiger charge is 2.12. The number of hydrogen-bond donors (Lipinski definition) is 0. The Balaban J connectivity index is 2.50. The number of carbonyl (C=O) groups is 2. The topological polar surface area (TPSA) is 43.4 Å².